The van der Waals surface area contributed by atoms with Crippen molar-refractivity contribution >= 4 is 0 Å². The Bertz CT molecular complexity index is 273. The molecule has 0 aromatic heterocycles. The molecule has 0 saturated carbocycles. The second kappa shape index (κ2) is 6.53. The first-order valence-electron chi connectivity index (χ1n) is 5.35. The number of halogens is 1. The van der Waals surface area contributed by atoms with Gasteiger partial charge >= 0.3 is 0 Å². The number of rotatable bonds is 6. The first-order valence-corrected chi connectivity index (χ1v) is 5.35. The molecule has 0 aliphatic heterocycles. The minimum absolute atomic E-state index is 0.114. The number of unbranched alkanes of at least 4 members (excludes halogenated alkanes) is 1. The third kappa shape index (κ3) is 3.98. The van der Waals surface area contributed by atoms with Crippen LogP contribution < -0.4 is 5.73 Å². The number of hydrogen-bond donors (Lipinski definition) is 1. The van der Waals surface area contributed by atoms with Crippen molar-refractivity contribution in [2.45, 2.75) is 25.9 Å². The second-order valence-corrected chi connectivity index (χ2v) is 3.50. The van der Waals surface area contributed by atoms with Gasteiger partial charge in [0.2, 0.25) is 0 Å². The van der Waals surface area contributed by atoms with Gasteiger partial charge in [0.1, 0.15) is 5.82 Å². The molecule has 0 heterocycles. The van der Waals surface area contributed by atoms with Crippen molar-refractivity contribution in [2.75, 3.05) is 13.2 Å². The molecular formula is C12H18FNO. The highest BCUT2D eigenvalue weighted by molar-refractivity contribution is 5.18. The summed E-state index contributed by atoms with van der Waals surface area (Å²) in [6, 6.07) is 6.31. The molecule has 2 N–H and O–H groups in total. The predicted molar refractivity (Wildman–Crippen MR) is 59.1 cm³/mol. The summed E-state index contributed by atoms with van der Waals surface area (Å²) in [6.07, 6.45) is 2.01. The summed E-state index contributed by atoms with van der Waals surface area (Å²) in [6.45, 7) is 3.24. The zero-order valence-corrected chi connectivity index (χ0v) is 9.08. The molecule has 3 heteroatoms. The lowest BCUT2D eigenvalue weighted by atomic mass is 10.1. The van der Waals surface area contributed by atoms with Crippen molar-refractivity contribution in [3.8, 4) is 0 Å². The van der Waals surface area contributed by atoms with Crippen LogP contribution in [0.5, 0.6) is 0 Å². The molecule has 2 nitrogen and oxygen atoms in total. The van der Waals surface area contributed by atoms with Gasteiger partial charge in [0, 0.05) is 13.2 Å². The number of nitrogens with two attached hydrogens (primary N) is 1. The second-order valence-electron chi connectivity index (χ2n) is 3.50. The quantitative estimate of drug-likeness (QED) is 0.734. The highest BCUT2D eigenvalue weighted by Crippen LogP contribution is 2.16. The summed E-state index contributed by atoms with van der Waals surface area (Å²) in [4.78, 5) is 0. The topological polar surface area (TPSA) is 35.2 Å². The fraction of sp³-hybridized carbons (Fsp3) is 0.500. The van der Waals surface area contributed by atoms with Gasteiger partial charge in [-0.05, 0) is 24.1 Å². The van der Waals surface area contributed by atoms with Crippen LogP contribution in [0.15, 0.2) is 24.3 Å². The number of benzene rings is 1. The van der Waals surface area contributed by atoms with E-state index in [-0.39, 0.29) is 11.9 Å². The molecule has 0 fully saturated rings. The number of ether oxygens (including phenoxy) is 1. The zero-order valence-electron chi connectivity index (χ0n) is 9.08. The SMILES string of the molecule is CCCCOC(CN)c1ccc(F)cc1. The summed E-state index contributed by atoms with van der Waals surface area (Å²) in [7, 11) is 0. The van der Waals surface area contributed by atoms with Crippen LogP contribution in [0.4, 0.5) is 4.39 Å². The van der Waals surface area contributed by atoms with E-state index in [0.717, 1.165) is 18.4 Å². The van der Waals surface area contributed by atoms with Crippen molar-refractivity contribution in [1.29, 1.82) is 0 Å². The van der Waals surface area contributed by atoms with E-state index in [9.17, 15) is 4.39 Å². The van der Waals surface area contributed by atoms with Crippen LogP contribution in [0.25, 0.3) is 0 Å². The van der Waals surface area contributed by atoms with Crippen LogP contribution in [-0.2, 0) is 4.74 Å². The Morgan fingerprint density at radius 3 is 2.53 bits per heavy atom. The maximum absolute atomic E-state index is 12.7. The van der Waals surface area contributed by atoms with Crippen LogP contribution in [0.2, 0.25) is 0 Å². The van der Waals surface area contributed by atoms with Crippen molar-refractivity contribution in [3.05, 3.63) is 35.6 Å². The van der Waals surface area contributed by atoms with Crippen LogP contribution in [-0.4, -0.2) is 13.2 Å². The van der Waals surface area contributed by atoms with Gasteiger partial charge in [0.05, 0.1) is 6.10 Å². The molecule has 84 valence electrons. The predicted octanol–water partition coefficient (Wildman–Crippen LogP) is 2.64. The maximum atomic E-state index is 12.7. The van der Waals surface area contributed by atoms with Gasteiger partial charge in [-0.15, -0.1) is 0 Å². The molecule has 0 spiro atoms. The summed E-state index contributed by atoms with van der Waals surface area (Å²) in [5, 5.41) is 0. The standard InChI is InChI=1S/C12H18FNO/c1-2-3-8-15-12(9-14)10-4-6-11(13)7-5-10/h4-7,12H,2-3,8-9,14H2,1H3. The summed E-state index contributed by atoms with van der Waals surface area (Å²) < 4.78 is 18.3. The van der Waals surface area contributed by atoms with Crippen LogP contribution in [0.3, 0.4) is 0 Å². The van der Waals surface area contributed by atoms with E-state index in [1.807, 2.05) is 0 Å². The summed E-state index contributed by atoms with van der Waals surface area (Å²) in [5.74, 6) is -0.233. The Morgan fingerprint density at radius 1 is 1.33 bits per heavy atom. The fourth-order valence-electron chi connectivity index (χ4n) is 1.35. The van der Waals surface area contributed by atoms with Gasteiger partial charge in [-0.25, -0.2) is 4.39 Å². The van der Waals surface area contributed by atoms with E-state index in [1.165, 1.54) is 12.1 Å². The molecule has 1 rings (SSSR count). The minimum Gasteiger partial charge on any atom is -0.372 e. The van der Waals surface area contributed by atoms with Crippen LogP contribution in [0, 0.1) is 5.82 Å². The maximum Gasteiger partial charge on any atom is 0.123 e. The van der Waals surface area contributed by atoms with Gasteiger partial charge in [-0.2, -0.15) is 0 Å². The smallest absolute Gasteiger partial charge is 0.123 e. The van der Waals surface area contributed by atoms with E-state index >= 15 is 0 Å². The molecule has 0 amide bonds. The van der Waals surface area contributed by atoms with Crippen molar-refractivity contribution < 1.29 is 9.13 Å². The summed E-state index contributed by atoms with van der Waals surface area (Å²) >= 11 is 0. The molecular weight excluding hydrogens is 193 g/mol. The molecule has 0 radical (unpaired) electrons. The lowest BCUT2D eigenvalue weighted by Gasteiger charge is -2.16. The molecule has 0 saturated heterocycles. The van der Waals surface area contributed by atoms with Gasteiger partial charge in [-0.3, -0.25) is 0 Å². The number of hydrogen-bond acceptors (Lipinski definition) is 2. The average Bonchev–Trinajstić information content (AvgIpc) is 2.26. The Hall–Kier alpha value is -0.930. The van der Waals surface area contributed by atoms with Crippen LogP contribution in [0.1, 0.15) is 31.4 Å². The molecule has 1 atom stereocenters. The summed E-state index contributed by atoms with van der Waals surface area (Å²) in [5.41, 5.74) is 6.55. The van der Waals surface area contributed by atoms with E-state index < -0.39 is 0 Å². The van der Waals surface area contributed by atoms with Crippen molar-refractivity contribution in [1.82, 2.24) is 0 Å². The Morgan fingerprint density at radius 2 is 2.00 bits per heavy atom. The average molecular weight is 211 g/mol. The molecule has 1 aromatic rings. The Labute approximate surface area is 90.2 Å². The molecule has 0 aliphatic rings. The third-order valence-corrected chi connectivity index (χ3v) is 2.27. The fourth-order valence-corrected chi connectivity index (χ4v) is 1.35. The van der Waals surface area contributed by atoms with Gasteiger partial charge in [-0.1, -0.05) is 25.5 Å². The molecule has 0 bridgehead atoms. The lowest BCUT2D eigenvalue weighted by molar-refractivity contribution is 0.0566. The molecule has 1 aromatic carbocycles. The Balaban J connectivity index is 2.53. The zero-order chi connectivity index (χ0) is 11.1. The largest absolute Gasteiger partial charge is 0.372 e. The molecule has 15 heavy (non-hydrogen) atoms. The minimum atomic E-state index is -0.233. The highest BCUT2D eigenvalue weighted by Gasteiger charge is 2.09. The normalized spacial score (nSPS) is 12.7. The Kier molecular flexibility index (Phi) is 5.29. The third-order valence-electron chi connectivity index (χ3n) is 2.27. The molecule has 1 unspecified atom stereocenters. The van der Waals surface area contributed by atoms with E-state index in [4.69, 9.17) is 10.5 Å². The van der Waals surface area contributed by atoms with Crippen molar-refractivity contribution in [2.24, 2.45) is 5.73 Å². The van der Waals surface area contributed by atoms with Crippen LogP contribution >= 0.6 is 0 Å². The van der Waals surface area contributed by atoms with E-state index in [0.29, 0.717) is 13.2 Å². The first kappa shape index (κ1) is 12.1. The van der Waals surface area contributed by atoms with E-state index in [2.05, 4.69) is 6.92 Å². The highest BCUT2D eigenvalue weighted by atomic mass is 19.1. The first-order chi connectivity index (χ1) is 7.27. The van der Waals surface area contributed by atoms with Gasteiger partial charge in [0.15, 0.2) is 0 Å². The van der Waals surface area contributed by atoms with Gasteiger partial charge < -0.3 is 10.5 Å². The lowest BCUT2D eigenvalue weighted by Crippen LogP contribution is -2.16. The van der Waals surface area contributed by atoms with Gasteiger partial charge in [0.25, 0.3) is 0 Å². The van der Waals surface area contributed by atoms with Crippen molar-refractivity contribution in [3.63, 3.8) is 0 Å². The monoisotopic (exact) mass is 211 g/mol. The molecule has 0 aliphatic carbocycles. The van der Waals surface area contributed by atoms with E-state index in [1.54, 1.807) is 12.1 Å².